The zero-order valence-corrected chi connectivity index (χ0v) is 7.58. The minimum atomic E-state index is -5.47. The van der Waals surface area contributed by atoms with Crippen molar-refractivity contribution in [1.82, 2.24) is 0 Å². The van der Waals surface area contributed by atoms with Crippen LogP contribution in [0, 0.1) is 0 Å². The maximum Gasteiger partial charge on any atom is 0.0924 e. The fourth-order valence-electron chi connectivity index (χ4n) is 0.503. The van der Waals surface area contributed by atoms with Gasteiger partial charge in [-0.05, 0) is 25.5 Å². The minimum Gasteiger partial charge on any atom is -1.00 e. The van der Waals surface area contributed by atoms with E-state index in [9.17, 15) is 0 Å². The van der Waals surface area contributed by atoms with E-state index in [-0.39, 0.29) is 12.4 Å². The molecule has 0 aromatic rings. The van der Waals surface area contributed by atoms with E-state index in [2.05, 4.69) is 0 Å². The van der Waals surface area contributed by atoms with Crippen LogP contribution in [0.25, 0.3) is 0 Å². The molecule has 0 aliphatic rings. The highest BCUT2D eigenvalue weighted by atomic mass is 35.5. The number of hydrogen-bond donors (Lipinski definition) is 0. The molecule has 14 heavy (non-hydrogen) atoms. The molecule has 0 atom stereocenters. The molecule has 0 aromatic heterocycles. The predicted molar refractivity (Wildman–Crippen MR) is 60.9 cm³/mol. The topological polar surface area (TPSA) is 0 Å². The summed E-state index contributed by atoms with van der Waals surface area (Å²) in [5.74, 6) is 0. The van der Waals surface area contributed by atoms with Crippen LogP contribution in [0.4, 0.5) is 0 Å². The molecular weight excluding hydrogens is 194 g/mol. The summed E-state index contributed by atoms with van der Waals surface area (Å²) < 4.78 is 216. The number of hydrogen-bond acceptors (Lipinski definition) is 0. The van der Waals surface area contributed by atoms with Crippen molar-refractivity contribution in [2.45, 2.75) is 52.9 Å². The van der Waals surface area contributed by atoms with E-state index in [1.807, 2.05) is 0 Å². The molecule has 0 aliphatic carbocycles. The number of quaternary nitrogens is 1. The highest BCUT2D eigenvalue weighted by molar-refractivity contribution is 4.43. The van der Waals surface area contributed by atoms with E-state index in [0.717, 1.165) is 0 Å². The second-order valence-corrected chi connectivity index (χ2v) is 1.62. The molecule has 0 radical (unpaired) electrons. The monoisotopic (exact) mass is 249 g/mol. The Morgan fingerprint density at radius 3 is 1.29 bits per heavy atom. The van der Waals surface area contributed by atoms with E-state index in [1.165, 1.54) is 0 Å². The van der Waals surface area contributed by atoms with Crippen molar-refractivity contribution in [1.29, 1.82) is 0 Å². The van der Waals surface area contributed by atoms with Gasteiger partial charge in [0.1, 0.15) is 0 Å². The summed E-state index contributed by atoms with van der Waals surface area (Å²) >= 11 is 0. The zero-order chi connectivity index (χ0) is 34.5. The first-order valence-electron chi connectivity index (χ1n) is 16.9. The molecule has 0 unspecified atom stereocenters. The smallest absolute Gasteiger partial charge is 0.0924 e. The van der Waals surface area contributed by atoms with Crippen LogP contribution in [-0.4, -0.2) is 30.5 Å². The van der Waals surface area contributed by atoms with Crippen LogP contribution in [0.15, 0.2) is 0 Å². The third-order valence-electron chi connectivity index (χ3n) is 0.894. The predicted octanol–water partition coefficient (Wildman–Crippen LogP) is 0.447. The Hall–Kier alpha value is 0.250. The highest BCUT2D eigenvalue weighted by Crippen LogP contribution is 2.12. The molecule has 0 aliphatic heterocycles. The number of nitrogens with zero attached hydrogens (tertiary/aromatic N) is 1. The van der Waals surface area contributed by atoms with Gasteiger partial charge in [-0.3, -0.25) is 0 Å². The van der Waals surface area contributed by atoms with Crippen LogP contribution in [0.3, 0.4) is 0 Å². The summed E-state index contributed by atoms with van der Waals surface area (Å²) in [5.41, 5.74) is 0. The second-order valence-electron chi connectivity index (χ2n) is 1.62. The molecule has 88 valence electrons. The van der Waals surface area contributed by atoms with Crippen molar-refractivity contribution in [2.24, 2.45) is 0 Å². The van der Waals surface area contributed by atoms with Crippen LogP contribution < -0.4 is 12.4 Å². The van der Waals surface area contributed by atoms with Crippen molar-refractivity contribution < 1.29 is 55.3 Å². The van der Waals surface area contributed by atoms with Crippen LogP contribution in [0.5, 0.6) is 0 Å². The van der Waals surface area contributed by atoms with E-state index in [4.69, 9.17) is 38.4 Å². The summed E-state index contributed by atoms with van der Waals surface area (Å²) in [6, 6.07) is 0. The molecule has 0 amide bonds. The lowest BCUT2D eigenvalue weighted by molar-refractivity contribution is -0.928. The summed E-state index contributed by atoms with van der Waals surface area (Å²) in [6.45, 7) is -39.8. The second kappa shape index (κ2) is 9.79. The first kappa shape index (κ1) is 1.54. The first-order valence-corrected chi connectivity index (χ1v) is 2.89. The first-order chi connectivity index (χ1) is 17.0. The van der Waals surface area contributed by atoms with Gasteiger partial charge in [0.25, 0.3) is 0 Å². The lowest BCUT2D eigenvalue weighted by atomic mass is 10.2. The standard InChI is InChI=1S/C12H28N.ClH/c1-5-9-13(10-6-2,11-7-3)12-8-4;/h5-12H2,1-4H3;1H/q+1;/p-1/i1D3,2D3,3D3,4D3,5D2,6D2,7D2,8D2,9D2,10D2,11D2,12D2;. The molecule has 0 spiro atoms. The van der Waals surface area contributed by atoms with Crippen molar-refractivity contribution in [3.63, 3.8) is 0 Å². The Bertz CT molecular complexity index is 800. The van der Waals surface area contributed by atoms with Gasteiger partial charge in [-0.15, -0.1) is 0 Å². The average molecular weight is 250 g/mol. The van der Waals surface area contributed by atoms with E-state index in [0.29, 0.717) is 0 Å². The van der Waals surface area contributed by atoms with Gasteiger partial charge in [-0.2, -0.15) is 0 Å². The molecule has 0 heterocycles. The average Bonchev–Trinajstić information content (AvgIpc) is 2.63. The maximum atomic E-state index is 8.44. The molecule has 0 fully saturated rings. The van der Waals surface area contributed by atoms with Crippen LogP contribution >= 0.6 is 0 Å². The molecule has 0 saturated heterocycles. The molecule has 2 heteroatoms. The van der Waals surface area contributed by atoms with Gasteiger partial charge in [-0.1, -0.05) is 27.4 Å². The Morgan fingerprint density at radius 1 is 0.786 bits per heavy atom. The Morgan fingerprint density at radius 2 is 1.07 bits per heavy atom. The van der Waals surface area contributed by atoms with Gasteiger partial charge in [0, 0.05) is 27.4 Å². The lowest BCUT2D eigenvalue weighted by Crippen LogP contribution is -3.00. The van der Waals surface area contributed by atoms with E-state index in [1.54, 1.807) is 0 Å². The largest absolute Gasteiger partial charge is 1.00 e. The Kier molecular flexibility index (Phi) is 1.08. The number of halogens is 1. The summed E-state index contributed by atoms with van der Waals surface area (Å²) in [7, 11) is 0. The Balaban J connectivity index is 0. The molecular formula is C12H28ClN. The maximum absolute atomic E-state index is 8.44. The summed E-state index contributed by atoms with van der Waals surface area (Å²) in [4.78, 5) is 0. The van der Waals surface area contributed by atoms with Gasteiger partial charge in [0.05, 0.1) is 37.0 Å². The molecule has 0 rings (SSSR count). The van der Waals surface area contributed by atoms with Gasteiger partial charge < -0.3 is 16.9 Å². The highest BCUT2D eigenvalue weighted by Gasteiger charge is 2.22. The fraction of sp³-hybridized carbons (Fsp3) is 1.00. The third kappa shape index (κ3) is 5.87. The van der Waals surface area contributed by atoms with Crippen molar-refractivity contribution in [3.05, 3.63) is 0 Å². The van der Waals surface area contributed by atoms with Crippen LogP contribution in [0.1, 0.15) is 91.3 Å². The fourth-order valence-corrected chi connectivity index (χ4v) is 0.503. The number of rotatable bonds is 8. The Labute approximate surface area is 136 Å². The molecule has 0 bridgehead atoms. The lowest BCUT2D eigenvalue weighted by Gasteiger charge is -2.38. The van der Waals surface area contributed by atoms with Crippen molar-refractivity contribution in [2.75, 3.05) is 26.0 Å². The van der Waals surface area contributed by atoms with Crippen molar-refractivity contribution in [3.8, 4) is 0 Å². The van der Waals surface area contributed by atoms with Crippen LogP contribution in [0.2, 0.25) is 0 Å². The minimum absolute atomic E-state index is 0. The van der Waals surface area contributed by atoms with E-state index < -0.39 is 83.4 Å². The SMILES string of the molecule is [2H]C([2H])([2H])C([2H])([2H])C([2H])([2H])[N+](C([2H])([2H])C([2H])([2H])C([2H])([2H])[2H])(C([2H])([2H])C([2H])([2H])C([2H])([2H])[2H])C([2H])([2H])C([2H])([2H])C([2H])([2H])[2H].[Cl-]. The third-order valence-corrected chi connectivity index (χ3v) is 0.894. The van der Waals surface area contributed by atoms with Gasteiger partial charge in [-0.25, -0.2) is 0 Å². The zero-order valence-electron chi connectivity index (χ0n) is 34.8. The quantitative estimate of drug-likeness (QED) is 0.548. The normalized spacial score (nSPS) is 52.6. The summed E-state index contributed by atoms with van der Waals surface area (Å²) in [5, 5.41) is 0. The molecule has 0 N–H and O–H groups in total. The van der Waals surface area contributed by atoms with Gasteiger partial charge in [0.15, 0.2) is 0 Å². The molecule has 0 saturated carbocycles. The summed E-state index contributed by atoms with van der Waals surface area (Å²) in [6.07, 6.45) is -19.8. The van der Waals surface area contributed by atoms with Crippen molar-refractivity contribution >= 4 is 0 Å². The van der Waals surface area contributed by atoms with Gasteiger partial charge in [0.2, 0.25) is 0 Å². The molecule has 0 aromatic carbocycles. The van der Waals surface area contributed by atoms with Crippen LogP contribution in [-0.2, 0) is 0 Å². The molecule has 1 nitrogen and oxygen atoms in total. The van der Waals surface area contributed by atoms with E-state index >= 15 is 0 Å². The van der Waals surface area contributed by atoms with Gasteiger partial charge >= 0.3 is 0 Å².